The standard InChI is InChI=1S/C15H19N3O3/c1-10-2-3-12(8-14(10)18(20)21)15(19)16-13-9-17-6-4-11(13)5-7-17/h2-3,8,11,13H,4-7,9H2,1H3,(H,16,19). The number of nitrogens with zero attached hydrogens (tertiary/aromatic N) is 2. The third kappa shape index (κ3) is 2.76. The van der Waals surface area contributed by atoms with Crippen molar-refractivity contribution >= 4 is 11.6 Å². The van der Waals surface area contributed by atoms with Gasteiger partial charge in [0.25, 0.3) is 11.6 Å². The molecule has 0 aromatic heterocycles. The average Bonchev–Trinajstić information content (AvgIpc) is 2.48. The Balaban J connectivity index is 1.74. The summed E-state index contributed by atoms with van der Waals surface area (Å²) >= 11 is 0. The second-order valence-electron chi connectivity index (χ2n) is 5.98. The molecule has 1 N–H and O–H groups in total. The normalized spacial score (nSPS) is 27.4. The summed E-state index contributed by atoms with van der Waals surface area (Å²) in [6.07, 6.45) is 2.25. The molecule has 1 aromatic carbocycles. The van der Waals surface area contributed by atoms with Crippen molar-refractivity contribution in [1.82, 2.24) is 10.2 Å². The van der Waals surface area contributed by atoms with Crippen molar-refractivity contribution in [2.45, 2.75) is 25.8 Å². The highest BCUT2D eigenvalue weighted by atomic mass is 16.6. The number of nitrogens with one attached hydrogen (secondary N) is 1. The van der Waals surface area contributed by atoms with E-state index in [9.17, 15) is 14.9 Å². The summed E-state index contributed by atoms with van der Waals surface area (Å²) < 4.78 is 0. The van der Waals surface area contributed by atoms with E-state index in [0.29, 0.717) is 17.0 Å². The lowest BCUT2D eigenvalue weighted by atomic mass is 9.84. The molecule has 4 rings (SSSR count). The smallest absolute Gasteiger partial charge is 0.273 e. The highest BCUT2D eigenvalue weighted by Crippen LogP contribution is 2.28. The first-order chi connectivity index (χ1) is 10.0. The van der Waals surface area contributed by atoms with Gasteiger partial charge < -0.3 is 10.2 Å². The number of piperidine rings is 3. The molecule has 21 heavy (non-hydrogen) atoms. The molecule has 1 aromatic rings. The fraction of sp³-hybridized carbons (Fsp3) is 0.533. The van der Waals surface area contributed by atoms with Crippen molar-refractivity contribution in [2.75, 3.05) is 19.6 Å². The van der Waals surface area contributed by atoms with Gasteiger partial charge in [-0.15, -0.1) is 0 Å². The van der Waals surface area contributed by atoms with Gasteiger partial charge in [-0.2, -0.15) is 0 Å². The first-order valence-corrected chi connectivity index (χ1v) is 7.33. The second-order valence-corrected chi connectivity index (χ2v) is 5.98. The molecule has 0 aliphatic carbocycles. The quantitative estimate of drug-likeness (QED) is 0.679. The average molecular weight is 289 g/mol. The van der Waals surface area contributed by atoms with Crippen LogP contribution in [0.5, 0.6) is 0 Å². The van der Waals surface area contributed by atoms with Crippen LogP contribution in [0.25, 0.3) is 0 Å². The highest BCUT2D eigenvalue weighted by molar-refractivity contribution is 5.95. The lowest BCUT2D eigenvalue weighted by molar-refractivity contribution is -0.385. The minimum atomic E-state index is -0.444. The summed E-state index contributed by atoms with van der Waals surface area (Å²) in [7, 11) is 0. The SMILES string of the molecule is Cc1ccc(C(=O)NC2CN3CCC2CC3)cc1[N+](=O)[O-]. The predicted octanol–water partition coefficient (Wildman–Crippen LogP) is 1.73. The monoisotopic (exact) mass is 289 g/mol. The van der Waals surface area contributed by atoms with Crippen LogP contribution in [0.3, 0.4) is 0 Å². The Bertz CT molecular complexity index is 580. The van der Waals surface area contributed by atoms with Crippen LogP contribution in [0.15, 0.2) is 18.2 Å². The van der Waals surface area contributed by atoms with Crippen LogP contribution >= 0.6 is 0 Å². The van der Waals surface area contributed by atoms with E-state index in [1.165, 1.54) is 6.07 Å². The van der Waals surface area contributed by atoms with Gasteiger partial charge >= 0.3 is 0 Å². The second kappa shape index (κ2) is 5.44. The molecule has 3 heterocycles. The molecule has 1 unspecified atom stereocenters. The zero-order chi connectivity index (χ0) is 15.0. The zero-order valence-corrected chi connectivity index (χ0v) is 12.0. The summed E-state index contributed by atoms with van der Waals surface area (Å²) in [5, 5.41) is 14.0. The van der Waals surface area contributed by atoms with Crippen LogP contribution in [0, 0.1) is 23.0 Å². The Hall–Kier alpha value is -1.95. The molecule has 3 aliphatic heterocycles. The number of hydrogen-bond acceptors (Lipinski definition) is 4. The Morgan fingerprint density at radius 3 is 2.67 bits per heavy atom. The minimum absolute atomic E-state index is 0.00318. The van der Waals surface area contributed by atoms with Crippen molar-refractivity contribution < 1.29 is 9.72 Å². The first-order valence-electron chi connectivity index (χ1n) is 7.33. The fourth-order valence-corrected chi connectivity index (χ4v) is 3.33. The van der Waals surface area contributed by atoms with Gasteiger partial charge in [0.2, 0.25) is 0 Å². The molecule has 0 radical (unpaired) electrons. The third-order valence-corrected chi connectivity index (χ3v) is 4.64. The number of amides is 1. The Labute approximate surface area is 123 Å². The lowest BCUT2D eigenvalue weighted by Gasteiger charge is -2.44. The van der Waals surface area contributed by atoms with Crippen LogP contribution in [0.4, 0.5) is 5.69 Å². The highest BCUT2D eigenvalue weighted by Gasteiger charge is 2.35. The van der Waals surface area contributed by atoms with Gasteiger partial charge in [0.15, 0.2) is 0 Å². The van der Waals surface area contributed by atoms with E-state index in [-0.39, 0.29) is 17.6 Å². The van der Waals surface area contributed by atoms with E-state index < -0.39 is 4.92 Å². The number of nitro benzene ring substituents is 1. The number of aryl methyl sites for hydroxylation is 1. The summed E-state index contributed by atoms with van der Waals surface area (Å²) in [4.78, 5) is 25.2. The molecule has 3 aliphatic rings. The Morgan fingerprint density at radius 2 is 2.10 bits per heavy atom. The molecule has 0 spiro atoms. The number of nitro groups is 1. The molecule has 3 saturated heterocycles. The molecular weight excluding hydrogens is 270 g/mol. The summed E-state index contributed by atoms with van der Waals surface area (Å²) in [6.45, 7) is 4.80. The maximum absolute atomic E-state index is 12.3. The van der Waals surface area contributed by atoms with Crippen molar-refractivity contribution in [2.24, 2.45) is 5.92 Å². The third-order valence-electron chi connectivity index (χ3n) is 4.64. The van der Waals surface area contributed by atoms with Gasteiger partial charge in [-0.25, -0.2) is 0 Å². The van der Waals surface area contributed by atoms with E-state index >= 15 is 0 Å². The van der Waals surface area contributed by atoms with E-state index in [1.807, 2.05) is 0 Å². The molecule has 2 bridgehead atoms. The molecular formula is C15H19N3O3. The maximum atomic E-state index is 12.3. The fourth-order valence-electron chi connectivity index (χ4n) is 3.33. The zero-order valence-electron chi connectivity index (χ0n) is 12.0. The summed E-state index contributed by atoms with van der Waals surface area (Å²) in [5.41, 5.74) is 0.930. The molecule has 112 valence electrons. The number of rotatable bonds is 3. The van der Waals surface area contributed by atoms with E-state index in [1.54, 1.807) is 19.1 Å². The molecule has 1 amide bonds. The van der Waals surface area contributed by atoms with Crippen LogP contribution in [-0.4, -0.2) is 41.4 Å². The molecule has 6 heteroatoms. The molecule has 0 saturated carbocycles. The largest absolute Gasteiger partial charge is 0.348 e. The molecule has 3 fully saturated rings. The van der Waals surface area contributed by atoms with Crippen LogP contribution in [-0.2, 0) is 0 Å². The number of carbonyl (C=O) groups excluding carboxylic acids is 1. The van der Waals surface area contributed by atoms with Crippen molar-refractivity contribution in [3.05, 3.63) is 39.4 Å². The van der Waals surface area contributed by atoms with Crippen molar-refractivity contribution in [1.29, 1.82) is 0 Å². The van der Waals surface area contributed by atoms with Crippen LogP contribution in [0.2, 0.25) is 0 Å². The van der Waals surface area contributed by atoms with Crippen LogP contribution < -0.4 is 5.32 Å². The summed E-state index contributed by atoms with van der Waals surface area (Å²) in [6, 6.07) is 4.81. The van der Waals surface area contributed by atoms with Gasteiger partial charge in [-0.1, -0.05) is 6.07 Å². The summed E-state index contributed by atoms with van der Waals surface area (Å²) in [5.74, 6) is 0.330. The number of hydrogen-bond donors (Lipinski definition) is 1. The van der Waals surface area contributed by atoms with E-state index in [4.69, 9.17) is 0 Å². The molecule has 6 nitrogen and oxygen atoms in total. The van der Waals surface area contributed by atoms with Gasteiger partial charge in [-0.05, 0) is 44.8 Å². The first kappa shape index (κ1) is 14.0. The number of carbonyl (C=O) groups is 1. The predicted molar refractivity (Wildman–Crippen MR) is 78.3 cm³/mol. The van der Waals surface area contributed by atoms with Crippen LogP contribution in [0.1, 0.15) is 28.8 Å². The van der Waals surface area contributed by atoms with Crippen molar-refractivity contribution in [3.8, 4) is 0 Å². The molecule has 1 atom stereocenters. The Morgan fingerprint density at radius 1 is 1.38 bits per heavy atom. The topological polar surface area (TPSA) is 75.5 Å². The number of benzene rings is 1. The van der Waals surface area contributed by atoms with Gasteiger partial charge in [-0.3, -0.25) is 14.9 Å². The van der Waals surface area contributed by atoms with E-state index in [2.05, 4.69) is 10.2 Å². The van der Waals surface area contributed by atoms with Crippen molar-refractivity contribution in [3.63, 3.8) is 0 Å². The van der Waals surface area contributed by atoms with Gasteiger partial charge in [0, 0.05) is 29.8 Å². The van der Waals surface area contributed by atoms with Gasteiger partial charge in [0.05, 0.1) is 4.92 Å². The van der Waals surface area contributed by atoms with Gasteiger partial charge in [0.1, 0.15) is 0 Å². The van der Waals surface area contributed by atoms with E-state index in [0.717, 1.165) is 32.5 Å². The minimum Gasteiger partial charge on any atom is -0.348 e. The Kier molecular flexibility index (Phi) is 3.63. The maximum Gasteiger partial charge on any atom is 0.273 e. The lowest BCUT2D eigenvalue weighted by Crippen LogP contribution is -2.57. The number of fused-ring (bicyclic) bond motifs is 3.